The molecule has 0 rings (SSSR count). The zero-order valence-electron chi connectivity index (χ0n) is 8.38. The summed E-state index contributed by atoms with van der Waals surface area (Å²) in [5, 5.41) is 0. The third-order valence-corrected chi connectivity index (χ3v) is 1.90. The number of nitrogens with two attached hydrogens (primary N) is 1. The van der Waals surface area contributed by atoms with Gasteiger partial charge in [-0.2, -0.15) is 0 Å². The summed E-state index contributed by atoms with van der Waals surface area (Å²) < 4.78 is 0. The Labute approximate surface area is 80.5 Å². The summed E-state index contributed by atoms with van der Waals surface area (Å²) in [5.74, 6) is -0.294. The van der Waals surface area contributed by atoms with Crippen molar-refractivity contribution in [1.29, 1.82) is 0 Å². The number of carbonyl (C=O) groups excluding carboxylic acids is 1. The van der Waals surface area contributed by atoms with E-state index in [2.05, 4.69) is 13.5 Å². The van der Waals surface area contributed by atoms with Crippen LogP contribution in [0.2, 0.25) is 0 Å². The molecule has 0 heterocycles. The molecule has 0 aromatic carbocycles. The van der Waals surface area contributed by atoms with Crippen LogP contribution in [-0.4, -0.2) is 5.91 Å². The van der Waals surface area contributed by atoms with Crippen molar-refractivity contribution in [3.05, 3.63) is 24.3 Å². The van der Waals surface area contributed by atoms with Crippen LogP contribution in [0, 0.1) is 0 Å². The summed E-state index contributed by atoms with van der Waals surface area (Å²) in [7, 11) is 0. The molecular weight excluding hydrogens is 162 g/mol. The van der Waals surface area contributed by atoms with Crippen molar-refractivity contribution in [2.45, 2.75) is 39.0 Å². The molecule has 0 unspecified atom stereocenters. The highest BCUT2D eigenvalue weighted by atomic mass is 16.1. The first kappa shape index (κ1) is 11.9. The van der Waals surface area contributed by atoms with Gasteiger partial charge in [-0.15, -0.1) is 6.58 Å². The van der Waals surface area contributed by atoms with Crippen molar-refractivity contribution in [3.8, 4) is 0 Å². The number of primary amides is 1. The van der Waals surface area contributed by atoms with Crippen LogP contribution < -0.4 is 5.73 Å². The van der Waals surface area contributed by atoms with Gasteiger partial charge in [-0.05, 0) is 19.3 Å². The molecule has 0 saturated carbocycles. The summed E-state index contributed by atoms with van der Waals surface area (Å²) in [6, 6.07) is 0. The Kier molecular flexibility index (Phi) is 6.98. The van der Waals surface area contributed by atoms with Crippen LogP contribution in [0.4, 0.5) is 0 Å². The molecule has 0 aliphatic rings. The lowest BCUT2D eigenvalue weighted by molar-refractivity contribution is -0.114. The van der Waals surface area contributed by atoms with Gasteiger partial charge < -0.3 is 5.73 Å². The molecule has 13 heavy (non-hydrogen) atoms. The van der Waals surface area contributed by atoms with Crippen molar-refractivity contribution in [1.82, 2.24) is 0 Å². The first-order chi connectivity index (χ1) is 6.22. The van der Waals surface area contributed by atoms with E-state index in [4.69, 9.17) is 5.73 Å². The van der Waals surface area contributed by atoms with E-state index < -0.39 is 0 Å². The lowest BCUT2D eigenvalue weighted by Gasteiger charge is -2.01. The second kappa shape index (κ2) is 7.59. The third-order valence-electron chi connectivity index (χ3n) is 1.90. The first-order valence-corrected chi connectivity index (χ1v) is 4.82. The number of allylic oxidation sites excluding steroid dienone is 2. The van der Waals surface area contributed by atoms with Gasteiger partial charge in [0.2, 0.25) is 5.91 Å². The minimum atomic E-state index is -0.294. The zero-order chi connectivity index (χ0) is 10.1. The molecule has 0 saturated heterocycles. The molecule has 0 aromatic rings. The van der Waals surface area contributed by atoms with Gasteiger partial charge in [0.15, 0.2) is 0 Å². The van der Waals surface area contributed by atoms with E-state index >= 15 is 0 Å². The smallest absolute Gasteiger partial charge is 0.244 e. The maximum absolute atomic E-state index is 10.9. The fourth-order valence-corrected chi connectivity index (χ4v) is 1.12. The molecule has 74 valence electrons. The summed E-state index contributed by atoms with van der Waals surface area (Å²) >= 11 is 0. The Hall–Kier alpha value is -1.05. The predicted octanol–water partition coefficient (Wildman–Crippen LogP) is 2.55. The Bertz CT molecular complexity index is 194. The molecule has 0 aliphatic carbocycles. The SMILES string of the molecule is C=CC/C=C(/CCCCC)C(N)=O. The molecule has 0 aliphatic heterocycles. The van der Waals surface area contributed by atoms with Gasteiger partial charge in [-0.25, -0.2) is 0 Å². The minimum absolute atomic E-state index is 0.294. The van der Waals surface area contributed by atoms with Crippen LogP contribution in [0.5, 0.6) is 0 Å². The average molecular weight is 181 g/mol. The third kappa shape index (κ3) is 6.14. The maximum Gasteiger partial charge on any atom is 0.244 e. The van der Waals surface area contributed by atoms with Crippen LogP contribution >= 0.6 is 0 Å². The van der Waals surface area contributed by atoms with Crippen LogP contribution in [0.25, 0.3) is 0 Å². The molecule has 1 amide bonds. The molecule has 2 nitrogen and oxygen atoms in total. The molecule has 2 N–H and O–H groups in total. The van der Waals surface area contributed by atoms with Crippen molar-refractivity contribution in [3.63, 3.8) is 0 Å². The monoisotopic (exact) mass is 181 g/mol. The van der Waals surface area contributed by atoms with E-state index in [0.717, 1.165) is 37.7 Å². The van der Waals surface area contributed by atoms with Gasteiger partial charge in [-0.1, -0.05) is 31.9 Å². The molecule has 0 aromatic heterocycles. The fourth-order valence-electron chi connectivity index (χ4n) is 1.12. The number of unbranched alkanes of at least 4 members (excludes halogenated alkanes) is 2. The number of hydrogen-bond donors (Lipinski definition) is 1. The van der Waals surface area contributed by atoms with Crippen LogP contribution in [-0.2, 0) is 4.79 Å². The van der Waals surface area contributed by atoms with E-state index in [-0.39, 0.29) is 5.91 Å². The van der Waals surface area contributed by atoms with E-state index in [1.165, 1.54) is 0 Å². The standard InChI is InChI=1S/C11H19NO/c1-3-5-7-9-10(11(12)13)8-6-4-2/h4,8H,2-3,5-7,9H2,1H3,(H2,12,13)/b10-8-. The molecular formula is C11H19NO. The quantitative estimate of drug-likeness (QED) is 0.366. The van der Waals surface area contributed by atoms with E-state index in [9.17, 15) is 4.79 Å². The summed E-state index contributed by atoms with van der Waals surface area (Å²) in [4.78, 5) is 10.9. The van der Waals surface area contributed by atoms with Crippen LogP contribution in [0.15, 0.2) is 24.3 Å². The van der Waals surface area contributed by atoms with E-state index in [0.29, 0.717) is 0 Å². The first-order valence-electron chi connectivity index (χ1n) is 4.82. The largest absolute Gasteiger partial charge is 0.366 e. The van der Waals surface area contributed by atoms with E-state index in [1.807, 2.05) is 6.08 Å². The van der Waals surface area contributed by atoms with Crippen molar-refractivity contribution in [2.24, 2.45) is 5.73 Å². The van der Waals surface area contributed by atoms with Crippen LogP contribution in [0.1, 0.15) is 39.0 Å². The second-order valence-electron chi connectivity index (χ2n) is 3.08. The topological polar surface area (TPSA) is 43.1 Å². The molecule has 0 spiro atoms. The summed E-state index contributed by atoms with van der Waals surface area (Å²) in [6.45, 7) is 5.73. The highest BCUT2D eigenvalue weighted by Gasteiger charge is 2.02. The lowest BCUT2D eigenvalue weighted by Crippen LogP contribution is -2.13. The van der Waals surface area contributed by atoms with E-state index in [1.54, 1.807) is 6.08 Å². The maximum atomic E-state index is 10.9. The summed E-state index contributed by atoms with van der Waals surface area (Å²) in [5.41, 5.74) is 5.96. The average Bonchev–Trinajstić information content (AvgIpc) is 2.10. The van der Waals surface area contributed by atoms with Gasteiger partial charge in [0.1, 0.15) is 0 Å². The molecule has 2 heteroatoms. The Balaban J connectivity index is 3.94. The Morgan fingerprint density at radius 2 is 2.15 bits per heavy atom. The lowest BCUT2D eigenvalue weighted by atomic mass is 10.1. The van der Waals surface area contributed by atoms with Crippen molar-refractivity contribution in [2.75, 3.05) is 0 Å². The Morgan fingerprint density at radius 1 is 1.46 bits per heavy atom. The highest BCUT2D eigenvalue weighted by Crippen LogP contribution is 2.09. The molecule has 0 atom stereocenters. The van der Waals surface area contributed by atoms with Crippen molar-refractivity contribution < 1.29 is 4.79 Å². The molecule has 0 bridgehead atoms. The molecule has 0 radical (unpaired) electrons. The van der Waals surface area contributed by atoms with Gasteiger partial charge in [-0.3, -0.25) is 4.79 Å². The summed E-state index contributed by atoms with van der Waals surface area (Å²) in [6.07, 6.45) is 8.52. The number of hydrogen-bond acceptors (Lipinski definition) is 1. The second-order valence-corrected chi connectivity index (χ2v) is 3.08. The highest BCUT2D eigenvalue weighted by molar-refractivity contribution is 5.91. The minimum Gasteiger partial charge on any atom is -0.366 e. The normalized spacial score (nSPS) is 11.3. The number of carbonyl (C=O) groups is 1. The predicted molar refractivity (Wildman–Crippen MR) is 56.2 cm³/mol. The fraction of sp³-hybridized carbons (Fsp3) is 0.545. The van der Waals surface area contributed by atoms with Gasteiger partial charge in [0.25, 0.3) is 0 Å². The van der Waals surface area contributed by atoms with Crippen molar-refractivity contribution >= 4 is 5.91 Å². The molecule has 0 fully saturated rings. The van der Waals surface area contributed by atoms with Gasteiger partial charge >= 0.3 is 0 Å². The Morgan fingerprint density at radius 3 is 2.62 bits per heavy atom. The van der Waals surface area contributed by atoms with Gasteiger partial charge in [0, 0.05) is 5.57 Å². The van der Waals surface area contributed by atoms with Crippen LogP contribution in [0.3, 0.4) is 0 Å². The number of amides is 1. The zero-order valence-corrected chi connectivity index (χ0v) is 8.38. The van der Waals surface area contributed by atoms with Gasteiger partial charge in [0.05, 0.1) is 0 Å². The number of rotatable bonds is 7.